The number of carbonyl (C=O) groups is 2. The Bertz CT molecular complexity index is 1410. The average Bonchev–Trinajstić information content (AvgIpc) is 3.27. The van der Waals surface area contributed by atoms with Crippen LogP contribution in [-0.4, -0.2) is 70.2 Å². The van der Waals surface area contributed by atoms with Crippen molar-refractivity contribution in [3.8, 4) is 17.5 Å². The Kier molecular flexibility index (Phi) is 8.16. The van der Waals surface area contributed by atoms with Gasteiger partial charge in [-0.15, -0.1) is 0 Å². The lowest BCUT2D eigenvalue weighted by Gasteiger charge is -2.35. The van der Waals surface area contributed by atoms with Gasteiger partial charge < -0.3 is 28.6 Å². The number of pyridine rings is 1. The second kappa shape index (κ2) is 11.6. The van der Waals surface area contributed by atoms with Crippen LogP contribution in [0.4, 0.5) is 4.79 Å². The van der Waals surface area contributed by atoms with E-state index < -0.39 is 5.60 Å². The molecule has 9 nitrogen and oxygen atoms in total. The van der Waals surface area contributed by atoms with Gasteiger partial charge in [0.15, 0.2) is 0 Å². The van der Waals surface area contributed by atoms with Gasteiger partial charge in [0, 0.05) is 49.9 Å². The first-order chi connectivity index (χ1) is 19.6. The molecule has 0 N–H and O–H groups in total. The molecule has 1 saturated carbocycles. The van der Waals surface area contributed by atoms with Crippen LogP contribution in [0.2, 0.25) is 0 Å². The quantitative estimate of drug-likeness (QED) is 0.346. The standard InChI is InChI=1S/C32H42N4O5/c1-21-11-10-12-22(2)28(21)40-30-27(29(37)34-15-17-35(18-16-34)31(38)41-32(3,4)5)24-20-33-26(39-6)19-25(24)36(30)23-13-8-7-9-14-23/h10-12,19-20,23H,7-9,13-18H2,1-6H3. The number of methoxy groups -OCH3 is 1. The largest absolute Gasteiger partial charge is 0.481 e. The number of carbonyl (C=O) groups excluding carboxylic acids is 2. The van der Waals surface area contributed by atoms with E-state index in [1.165, 1.54) is 6.42 Å². The van der Waals surface area contributed by atoms with Crippen molar-refractivity contribution in [3.05, 3.63) is 47.2 Å². The molecule has 5 rings (SSSR count). The zero-order chi connectivity index (χ0) is 29.3. The number of hydrogen-bond donors (Lipinski definition) is 0. The molecule has 9 heteroatoms. The highest BCUT2D eigenvalue weighted by Gasteiger charge is 2.35. The van der Waals surface area contributed by atoms with Crippen molar-refractivity contribution in [2.24, 2.45) is 0 Å². The van der Waals surface area contributed by atoms with E-state index in [1.807, 2.05) is 63.8 Å². The van der Waals surface area contributed by atoms with Gasteiger partial charge in [0.1, 0.15) is 16.9 Å². The summed E-state index contributed by atoms with van der Waals surface area (Å²) in [6.07, 6.45) is 6.88. The maximum Gasteiger partial charge on any atom is 0.410 e. The minimum Gasteiger partial charge on any atom is -0.481 e. The van der Waals surface area contributed by atoms with Crippen LogP contribution < -0.4 is 9.47 Å². The highest BCUT2D eigenvalue weighted by atomic mass is 16.6. The molecule has 3 aromatic rings. The maximum absolute atomic E-state index is 14.4. The van der Waals surface area contributed by atoms with E-state index in [1.54, 1.807) is 18.2 Å². The number of benzene rings is 1. The number of hydrogen-bond acceptors (Lipinski definition) is 6. The molecule has 1 aliphatic heterocycles. The van der Waals surface area contributed by atoms with Crippen LogP contribution in [0.15, 0.2) is 30.5 Å². The number of aryl methyl sites for hydroxylation is 2. The SMILES string of the molecule is COc1cc2c(cn1)c(C(=O)N1CCN(C(=O)OC(C)(C)C)CC1)c(Oc1c(C)cccc1C)n2C1CCCCC1. The van der Waals surface area contributed by atoms with Crippen LogP contribution in [-0.2, 0) is 4.74 Å². The van der Waals surface area contributed by atoms with Gasteiger partial charge in [-0.2, -0.15) is 0 Å². The molecular formula is C32H42N4O5. The van der Waals surface area contributed by atoms with Crippen molar-refractivity contribution < 1.29 is 23.8 Å². The van der Waals surface area contributed by atoms with Gasteiger partial charge >= 0.3 is 6.09 Å². The number of fused-ring (bicyclic) bond motifs is 1. The number of piperazine rings is 1. The van der Waals surface area contributed by atoms with E-state index in [-0.39, 0.29) is 18.0 Å². The highest BCUT2D eigenvalue weighted by Crippen LogP contribution is 2.44. The molecule has 41 heavy (non-hydrogen) atoms. The summed E-state index contributed by atoms with van der Waals surface area (Å²) in [5, 5.41) is 0.747. The van der Waals surface area contributed by atoms with Crippen molar-refractivity contribution in [1.82, 2.24) is 19.4 Å². The summed E-state index contributed by atoms with van der Waals surface area (Å²) in [7, 11) is 1.60. The van der Waals surface area contributed by atoms with Crippen molar-refractivity contribution in [3.63, 3.8) is 0 Å². The molecule has 2 aromatic heterocycles. The van der Waals surface area contributed by atoms with Crippen molar-refractivity contribution >= 4 is 22.9 Å². The Morgan fingerprint density at radius 3 is 2.20 bits per heavy atom. The minimum atomic E-state index is -0.570. The molecule has 2 aliphatic rings. The summed E-state index contributed by atoms with van der Waals surface area (Å²) in [6.45, 7) is 11.2. The van der Waals surface area contributed by atoms with Gasteiger partial charge in [-0.1, -0.05) is 37.5 Å². The first kappa shape index (κ1) is 28.8. The predicted octanol–water partition coefficient (Wildman–Crippen LogP) is 6.65. The Hall–Kier alpha value is -3.75. The first-order valence-corrected chi connectivity index (χ1v) is 14.7. The normalized spacial score (nSPS) is 16.6. The Morgan fingerprint density at radius 1 is 0.951 bits per heavy atom. The molecule has 1 aromatic carbocycles. The minimum absolute atomic E-state index is 0.124. The molecule has 0 unspecified atom stereocenters. The van der Waals surface area contributed by atoms with Gasteiger partial charge in [-0.3, -0.25) is 4.79 Å². The maximum atomic E-state index is 14.4. The van der Waals surface area contributed by atoms with Crippen molar-refractivity contribution in [1.29, 1.82) is 0 Å². The molecule has 1 saturated heterocycles. The number of para-hydroxylation sites is 1. The van der Waals surface area contributed by atoms with E-state index in [4.69, 9.17) is 14.2 Å². The summed E-state index contributed by atoms with van der Waals surface area (Å²) in [5.74, 6) is 1.69. The third-order valence-electron chi connectivity index (χ3n) is 8.01. The van der Waals surface area contributed by atoms with E-state index >= 15 is 0 Å². The highest BCUT2D eigenvalue weighted by molar-refractivity contribution is 6.10. The zero-order valence-corrected chi connectivity index (χ0v) is 25.2. The molecule has 3 heterocycles. The lowest BCUT2D eigenvalue weighted by atomic mass is 9.95. The summed E-state index contributed by atoms with van der Waals surface area (Å²) in [6, 6.07) is 8.18. The number of nitrogens with zero attached hydrogens (tertiary/aromatic N) is 4. The molecule has 2 fully saturated rings. The van der Waals surface area contributed by atoms with Gasteiger partial charge in [0.2, 0.25) is 11.8 Å². The summed E-state index contributed by atoms with van der Waals surface area (Å²) in [4.78, 5) is 35.0. The van der Waals surface area contributed by atoms with Crippen molar-refractivity contribution in [2.45, 2.75) is 78.4 Å². The average molecular weight is 563 g/mol. The molecule has 2 amide bonds. The number of ether oxygens (including phenoxy) is 3. The Balaban J connectivity index is 1.57. The molecule has 1 aliphatic carbocycles. The van der Waals surface area contributed by atoms with Gasteiger partial charge in [0.25, 0.3) is 5.91 Å². The Labute approximate surface area is 242 Å². The third kappa shape index (κ3) is 5.99. The van der Waals surface area contributed by atoms with Gasteiger partial charge in [-0.05, 0) is 58.6 Å². The Morgan fingerprint density at radius 2 is 1.59 bits per heavy atom. The lowest BCUT2D eigenvalue weighted by Crippen LogP contribution is -2.51. The number of amides is 2. The second-order valence-corrected chi connectivity index (χ2v) is 12.2. The fraction of sp³-hybridized carbons (Fsp3) is 0.531. The van der Waals surface area contributed by atoms with Crippen LogP contribution >= 0.6 is 0 Å². The summed E-state index contributed by atoms with van der Waals surface area (Å²) >= 11 is 0. The van der Waals surface area contributed by atoms with Crippen molar-refractivity contribution in [2.75, 3.05) is 33.3 Å². The molecular weight excluding hydrogens is 520 g/mol. The number of rotatable bonds is 5. The molecule has 0 bridgehead atoms. The van der Waals surface area contributed by atoms with Gasteiger partial charge in [-0.25, -0.2) is 9.78 Å². The van der Waals surface area contributed by atoms with Crippen LogP contribution in [0.25, 0.3) is 10.9 Å². The first-order valence-electron chi connectivity index (χ1n) is 14.7. The van der Waals surface area contributed by atoms with E-state index in [9.17, 15) is 9.59 Å². The van der Waals surface area contributed by atoms with Gasteiger partial charge in [0.05, 0.1) is 12.6 Å². The molecule has 0 atom stereocenters. The van der Waals surface area contributed by atoms with E-state index in [2.05, 4.69) is 9.55 Å². The van der Waals surface area contributed by atoms with E-state index in [0.29, 0.717) is 43.5 Å². The summed E-state index contributed by atoms with van der Waals surface area (Å²) < 4.78 is 20.1. The second-order valence-electron chi connectivity index (χ2n) is 12.2. The fourth-order valence-electron chi connectivity index (χ4n) is 5.92. The topological polar surface area (TPSA) is 86.1 Å². The molecule has 220 valence electrons. The smallest absolute Gasteiger partial charge is 0.410 e. The predicted molar refractivity (Wildman–Crippen MR) is 158 cm³/mol. The van der Waals surface area contributed by atoms with E-state index in [0.717, 1.165) is 53.5 Å². The molecule has 0 spiro atoms. The zero-order valence-electron chi connectivity index (χ0n) is 25.2. The summed E-state index contributed by atoms with van der Waals surface area (Å²) in [5.41, 5.74) is 2.84. The van der Waals surface area contributed by atoms with Crippen LogP contribution in [0.5, 0.6) is 17.5 Å². The number of aromatic nitrogens is 2. The lowest BCUT2D eigenvalue weighted by molar-refractivity contribution is 0.0140. The molecule has 0 radical (unpaired) electrons. The van der Waals surface area contributed by atoms with Crippen LogP contribution in [0, 0.1) is 13.8 Å². The monoisotopic (exact) mass is 562 g/mol. The fourth-order valence-corrected chi connectivity index (χ4v) is 5.92. The third-order valence-corrected chi connectivity index (χ3v) is 8.01. The van der Waals surface area contributed by atoms with Crippen LogP contribution in [0.3, 0.4) is 0 Å². The van der Waals surface area contributed by atoms with Crippen LogP contribution in [0.1, 0.15) is 80.4 Å².